The molecule has 29 heavy (non-hydrogen) atoms. The van der Waals surface area contributed by atoms with Crippen LogP contribution in [0.25, 0.3) is 0 Å². The molecule has 3 N–H and O–H groups in total. The third-order valence-electron chi connectivity index (χ3n) is 4.38. The molecule has 0 fully saturated rings. The van der Waals surface area contributed by atoms with Crippen LogP contribution in [0, 0.1) is 0 Å². The van der Waals surface area contributed by atoms with Crippen molar-refractivity contribution in [2.24, 2.45) is 0 Å². The van der Waals surface area contributed by atoms with Gasteiger partial charge in [-0.3, -0.25) is 4.55 Å². The molecule has 1 unspecified atom stereocenters. The van der Waals surface area contributed by atoms with Crippen LogP contribution < -0.4 is 0 Å². The van der Waals surface area contributed by atoms with Gasteiger partial charge in [0.1, 0.15) is 11.5 Å². The van der Waals surface area contributed by atoms with Gasteiger partial charge in [-0.25, -0.2) is 0 Å². The SMILES string of the molecule is O=S(=O)(O)C(c1ccc(Cl)cc1)(c1cccc(O)c1)c1c(O)cc(Cl)c(Cl)c1Cl. The number of hydrogen-bond acceptors (Lipinski definition) is 4. The number of phenolic OH excluding ortho intramolecular Hbond substituents is 2. The third-order valence-corrected chi connectivity index (χ3v) is 7.35. The molecule has 0 aromatic heterocycles. The number of aromatic hydroxyl groups is 2. The van der Waals surface area contributed by atoms with E-state index in [1.165, 1.54) is 42.5 Å². The molecular weight excluding hydrogens is 482 g/mol. The zero-order valence-electron chi connectivity index (χ0n) is 14.3. The predicted molar refractivity (Wildman–Crippen MR) is 114 cm³/mol. The van der Waals surface area contributed by atoms with E-state index in [0.29, 0.717) is 5.02 Å². The number of halogens is 4. The molecule has 3 rings (SSSR count). The normalized spacial score (nSPS) is 13.8. The van der Waals surface area contributed by atoms with E-state index >= 15 is 0 Å². The molecule has 0 saturated heterocycles. The van der Waals surface area contributed by atoms with Gasteiger partial charge in [-0.1, -0.05) is 70.7 Å². The largest absolute Gasteiger partial charge is 0.508 e. The lowest BCUT2D eigenvalue weighted by Crippen LogP contribution is -2.38. The van der Waals surface area contributed by atoms with Gasteiger partial charge in [-0.15, -0.1) is 0 Å². The van der Waals surface area contributed by atoms with E-state index < -0.39 is 26.2 Å². The molecule has 0 spiro atoms. The van der Waals surface area contributed by atoms with Crippen molar-refractivity contribution in [3.8, 4) is 11.5 Å². The summed E-state index contributed by atoms with van der Waals surface area (Å²) < 4.78 is 33.9. The Kier molecular flexibility index (Phi) is 5.98. The van der Waals surface area contributed by atoms with Gasteiger partial charge in [0.05, 0.1) is 15.1 Å². The van der Waals surface area contributed by atoms with Crippen molar-refractivity contribution in [3.63, 3.8) is 0 Å². The summed E-state index contributed by atoms with van der Waals surface area (Å²) >= 11 is 24.3. The topological polar surface area (TPSA) is 94.8 Å². The Balaban J connectivity index is 2.62. The lowest BCUT2D eigenvalue weighted by Gasteiger charge is -2.34. The van der Waals surface area contributed by atoms with Crippen LogP contribution in [0.15, 0.2) is 54.6 Å². The van der Waals surface area contributed by atoms with Crippen molar-refractivity contribution >= 4 is 56.5 Å². The number of rotatable bonds is 4. The first-order chi connectivity index (χ1) is 13.5. The summed E-state index contributed by atoms with van der Waals surface area (Å²) in [6.45, 7) is 0. The second-order valence-electron chi connectivity index (χ2n) is 6.09. The average Bonchev–Trinajstić information content (AvgIpc) is 2.63. The highest BCUT2D eigenvalue weighted by molar-refractivity contribution is 7.87. The fraction of sp³-hybridized carbons (Fsp3) is 0.0526. The second-order valence-corrected chi connectivity index (χ2v) is 9.26. The first-order valence-electron chi connectivity index (χ1n) is 7.89. The second kappa shape index (κ2) is 7.87. The summed E-state index contributed by atoms with van der Waals surface area (Å²) in [6.07, 6.45) is 0. The highest BCUT2D eigenvalue weighted by atomic mass is 35.5. The fourth-order valence-electron chi connectivity index (χ4n) is 3.21. The van der Waals surface area contributed by atoms with Gasteiger partial charge in [0, 0.05) is 16.7 Å². The van der Waals surface area contributed by atoms with Gasteiger partial charge in [-0.2, -0.15) is 8.42 Å². The average molecular weight is 494 g/mol. The maximum absolute atomic E-state index is 12.9. The molecule has 3 aromatic carbocycles. The fourth-order valence-corrected chi connectivity index (χ4v) is 5.45. The number of benzene rings is 3. The number of phenols is 2. The molecule has 1 atom stereocenters. The maximum atomic E-state index is 12.9. The van der Waals surface area contributed by atoms with Gasteiger partial charge in [0.15, 0.2) is 4.75 Å². The van der Waals surface area contributed by atoms with Crippen LogP contribution >= 0.6 is 46.4 Å². The molecule has 0 aliphatic rings. The van der Waals surface area contributed by atoms with E-state index in [9.17, 15) is 23.2 Å². The van der Waals surface area contributed by atoms with Crippen molar-refractivity contribution in [3.05, 3.63) is 91.4 Å². The lowest BCUT2D eigenvalue weighted by atomic mass is 9.83. The van der Waals surface area contributed by atoms with E-state index in [1.807, 2.05) is 0 Å². The summed E-state index contributed by atoms with van der Waals surface area (Å²) in [5, 5.41) is 20.2. The zero-order chi connectivity index (χ0) is 21.6. The van der Waals surface area contributed by atoms with Crippen molar-refractivity contribution in [2.75, 3.05) is 0 Å². The quantitative estimate of drug-likeness (QED) is 0.239. The molecule has 10 heteroatoms. The lowest BCUT2D eigenvalue weighted by molar-refractivity contribution is 0.439. The van der Waals surface area contributed by atoms with Crippen LogP contribution in [0.5, 0.6) is 11.5 Å². The summed E-state index contributed by atoms with van der Waals surface area (Å²) in [5.74, 6) is -0.902. The smallest absolute Gasteiger partial charge is 0.283 e. The third kappa shape index (κ3) is 3.65. The van der Waals surface area contributed by atoms with Crippen LogP contribution in [0.1, 0.15) is 16.7 Å². The Morgan fingerprint density at radius 3 is 1.97 bits per heavy atom. The van der Waals surface area contributed by atoms with Gasteiger partial charge in [0.25, 0.3) is 10.1 Å². The van der Waals surface area contributed by atoms with Crippen molar-refractivity contribution in [1.82, 2.24) is 0 Å². The minimum Gasteiger partial charge on any atom is -0.508 e. The first-order valence-corrected chi connectivity index (χ1v) is 10.8. The van der Waals surface area contributed by atoms with Crippen molar-refractivity contribution in [1.29, 1.82) is 0 Å². The molecule has 152 valence electrons. The molecule has 0 bridgehead atoms. The Labute approximate surface area is 186 Å². The van der Waals surface area contributed by atoms with Crippen LogP contribution in [0.2, 0.25) is 20.1 Å². The minimum absolute atomic E-state index is 0.00871. The van der Waals surface area contributed by atoms with E-state index in [4.69, 9.17) is 46.4 Å². The Bertz CT molecular complexity index is 1200. The highest BCUT2D eigenvalue weighted by Crippen LogP contribution is 2.53. The van der Waals surface area contributed by atoms with Crippen LogP contribution in [0.4, 0.5) is 0 Å². The number of hydrogen-bond donors (Lipinski definition) is 3. The molecule has 0 saturated carbocycles. The summed E-state index contributed by atoms with van der Waals surface area (Å²) in [6, 6.07) is 11.7. The Morgan fingerprint density at radius 1 is 0.793 bits per heavy atom. The monoisotopic (exact) mass is 492 g/mol. The van der Waals surface area contributed by atoms with Crippen molar-refractivity contribution < 1.29 is 23.2 Å². The van der Waals surface area contributed by atoms with E-state index in [0.717, 1.165) is 12.1 Å². The Morgan fingerprint density at radius 2 is 1.41 bits per heavy atom. The van der Waals surface area contributed by atoms with E-state index in [2.05, 4.69) is 0 Å². The standard InChI is InChI=1S/C19H12Cl4O5S/c20-12-6-4-10(5-7-12)19(29(26,27)28,11-2-1-3-13(24)8-11)16-15(25)9-14(21)17(22)18(16)23/h1-9,24-25H,(H,26,27,28). The van der Waals surface area contributed by atoms with Crippen LogP contribution in [0.3, 0.4) is 0 Å². The molecular formula is C19H12Cl4O5S. The van der Waals surface area contributed by atoms with E-state index in [1.54, 1.807) is 0 Å². The predicted octanol–water partition coefficient (Wildman–Crippen LogP) is 5.89. The van der Waals surface area contributed by atoms with Gasteiger partial charge >= 0.3 is 0 Å². The van der Waals surface area contributed by atoms with Gasteiger partial charge in [0.2, 0.25) is 0 Å². The molecule has 5 nitrogen and oxygen atoms in total. The van der Waals surface area contributed by atoms with Crippen LogP contribution in [-0.4, -0.2) is 23.2 Å². The first kappa shape index (κ1) is 22.0. The summed E-state index contributed by atoms with van der Waals surface area (Å²) in [4.78, 5) is 0. The maximum Gasteiger partial charge on any atom is 0.283 e. The molecule has 0 radical (unpaired) electrons. The van der Waals surface area contributed by atoms with Crippen molar-refractivity contribution in [2.45, 2.75) is 4.75 Å². The minimum atomic E-state index is -5.09. The van der Waals surface area contributed by atoms with Gasteiger partial charge < -0.3 is 10.2 Å². The van der Waals surface area contributed by atoms with Gasteiger partial charge in [-0.05, 0) is 35.4 Å². The summed E-state index contributed by atoms with van der Waals surface area (Å²) in [5.41, 5.74) is -0.535. The molecule has 0 amide bonds. The highest BCUT2D eigenvalue weighted by Gasteiger charge is 2.52. The Hall–Kier alpha value is -1.67. The zero-order valence-corrected chi connectivity index (χ0v) is 18.1. The molecule has 3 aromatic rings. The van der Waals surface area contributed by atoms with Crippen LogP contribution in [-0.2, 0) is 14.9 Å². The summed E-state index contributed by atoms with van der Waals surface area (Å²) in [7, 11) is -5.09. The molecule has 0 aliphatic carbocycles. The van der Waals surface area contributed by atoms with E-state index in [-0.39, 0.29) is 31.9 Å². The molecule has 0 aliphatic heterocycles. The molecule has 0 heterocycles.